The molecule has 2 aliphatic heterocycles. The molecule has 2 atom stereocenters. The van der Waals surface area contributed by atoms with Crippen LogP contribution in [-0.4, -0.2) is 41.9 Å². The molecule has 2 unspecified atom stereocenters. The Balaban J connectivity index is 2.12. The van der Waals surface area contributed by atoms with E-state index in [0.29, 0.717) is 18.8 Å². The van der Waals surface area contributed by atoms with Crippen LogP contribution in [0, 0.1) is 30.9 Å². The summed E-state index contributed by atoms with van der Waals surface area (Å²) in [6, 6.07) is 0. The van der Waals surface area contributed by atoms with Gasteiger partial charge in [0.2, 0.25) is 0 Å². The van der Waals surface area contributed by atoms with Crippen molar-refractivity contribution in [1.82, 2.24) is 4.90 Å². The van der Waals surface area contributed by atoms with Crippen molar-refractivity contribution in [2.24, 2.45) is 0 Å². The zero-order valence-corrected chi connectivity index (χ0v) is 14.4. The SMILES string of the molecule is Cc1c(C)c([N+](=O)[O-])c(C)c2c1OC(C)(N1CCOCC1)C2C. The Morgan fingerprint density at radius 3 is 2.35 bits per heavy atom. The van der Waals surface area contributed by atoms with Gasteiger partial charge in [0.05, 0.1) is 18.1 Å². The second kappa shape index (κ2) is 5.46. The third-order valence-electron chi connectivity index (χ3n) is 5.63. The summed E-state index contributed by atoms with van der Waals surface area (Å²) in [7, 11) is 0. The van der Waals surface area contributed by atoms with E-state index < -0.39 is 5.72 Å². The van der Waals surface area contributed by atoms with Crippen LogP contribution in [0.5, 0.6) is 5.75 Å². The molecule has 0 radical (unpaired) electrons. The normalized spacial score (nSPS) is 27.6. The number of rotatable bonds is 2. The number of nitro groups is 1. The molecule has 1 aromatic carbocycles. The lowest BCUT2D eigenvalue weighted by Gasteiger charge is -2.42. The van der Waals surface area contributed by atoms with E-state index in [9.17, 15) is 10.1 Å². The minimum atomic E-state index is -0.483. The number of nitrogens with zero attached hydrogens (tertiary/aromatic N) is 2. The van der Waals surface area contributed by atoms with Crippen molar-refractivity contribution in [3.63, 3.8) is 0 Å². The maximum atomic E-state index is 11.5. The summed E-state index contributed by atoms with van der Waals surface area (Å²) in [6.07, 6.45) is 0. The predicted octanol–water partition coefficient (Wildman–Crippen LogP) is 3.06. The van der Waals surface area contributed by atoms with Crippen molar-refractivity contribution < 1.29 is 14.4 Å². The number of nitro benzene ring substituents is 1. The van der Waals surface area contributed by atoms with Gasteiger partial charge in [-0.3, -0.25) is 15.0 Å². The maximum absolute atomic E-state index is 11.5. The van der Waals surface area contributed by atoms with Crippen LogP contribution >= 0.6 is 0 Å². The fraction of sp³-hybridized carbons (Fsp3) is 0.647. The number of hydrogen-bond donors (Lipinski definition) is 0. The summed E-state index contributed by atoms with van der Waals surface area (Å²) in [4.78, 5) is 13.5. The highest BCUT2D eigenvalue weighted by Crippen LogP contribution is 2.52. The fourth-order valence-electron chi connectivity index (χ4n) is 3.96. The Kier molecular flexibility index (Phi) is 3.84. The van der Waals surface area contributed by atoms with Crippen molar-refractivity contribution >= 4 is 5.69 Å². The van der Waals surface area contributed by atoms with Crippen molar-refractivity contribution in [1.29, 1.82) is 0 Å². The van der Waals surface area contributed by atoms with E-state index in [4.69, 9.17) is 9.47 Å². The highest BCUT2D eigenvalue weighted by Gasteiger charge is 2.49. The van der Waals surface area contributed by atoms with Gasteiger partial charge < -0.3 is 9.47 Å². The van der Waals surface area contributed by atoms with Crippen LogP contribution < -0.4 is 4.74 Å². The van der Waals surface area contributed by atoms with Crippen molar-refractivity contribution in [2.75, 3.05) is 26.3 Å². The molecule has 0 N–H and O–H groups in total. The van der Waals surface area contributed by atoms with Gasteiger partial charge in [0.25, 0.3) is 5.69 Å². The molecule has 6 nitrogen and oxygen atoms in total. The van der Waals surface area contributed by atoms with Crippen molar-refractivity contribution in [2.45, 2.75) is 46.3 Å². The second-order valence-electron chi connectivity index (χ2n) is 6.70. The van der Waals surface area contributed by atoms with Crippen molar-refractivity contribution in [3.05, 3.63) is 32.4 Å². The van der Waals surface area contributed by atoms with Gasteiger partial charge in [0, 0.05) is 41.3 Å². The van der Waals surface area contributed by atoms with Crippen molar-refractivity contribution in [3.8, 4) is 5.75 Å². The Labute approximate surface area is 136 Å². The molecule has 23 heavy (non-hydrogen) atoms. The lowest BCUT2D eigenvalue weighted by Crippen LogP contribution is -2.55. The van der Waals surface area contributed by atoms with Crippen LogP contribution in [0.15, 0.2) is 0 Å². The first-order chi connectivity index (χ1) is 10.8. The van der Waals surface area contributed by atoms with Gasteiger partial charge >= 0.3 is 0 Å². The minimum absolute atomic E-state index is 0.0635. The summed E-state index contributed by atoms with van der Waals surface area (Å²) in [5.74, 6) is 0.890. The fourth-order valence-corrected chi connectivity index (χ4v) is 3.96. The van der Waals surface area contributed by atoms with Crippen LogP contribution in [0.25, 0.3) is 0 Å². The Hall–Kier alpha value is -1.66. The highest BCUT2D eigenvalue weighted by molar-refractivity contribution is 5.64. The average Bonchev–Trinajstić information content (AvgIpc) is 2.79. The summed E-state index contributed by atoms with van der Waals surface area (Å²) < 4.78 is 11.9. The molecule has 126 valence electrons. The van der Waals surface area contributed by atoms with E-state index in [0.717, 1.165) is 35.5 Å². The first-order valence-corrected chi connectivity index (χ1v) is 8.09. The van der Waals surface area contributed by atoms with Gasteiger partial charge in [-0.15, -0.1) is 0 Å². The van der Waals surface area contributed by atoms with Gasteiger partial charge in [0.1, 0.15) is 5.75 Å². The molecule has 1 saturated heterocycles. The average molecular weight is 320 g/mol. The van der Waals surface area contributed by atoms with Gasteiger partial charge in [-0.05, 0) is 27.7 Å². The van der Waals surface area contributed by atoms with Crippen LogP contribution in [-0.2, 0) is 4.74 Å². The lowest BCUT2D eigenvalue weighted by atomic mass is 9.86. The van der Waals surface area contributed by atoms with Gasteiger partial charge in [-0.2, -0.15) is 0 Å². The zero-order chi connectivity index (χ0) is 16.9. The van der Waals surface area contributed by atoms with Crippen LogP contribution in [0.2, 0.25) is 0 Å². The molecular formula is C17H24N2O4. The summed E-state index contributed by atoms with van der Waals surface area (Å²) >= 11 is 0. The number of ether oxygens (including phenoxy) is 2. The zero-order valence-electron chi connectivity index (χ0n) is 14.4. The topological polar surface area (TPSA) is 64.8 Å². The molecule has 0 bridgehead atoms. The number of fused-ring (bicyclic) bond motifs is 1. The summed E-state index contributed by atoms with van der Waals surface area (Å²) in [5, 5.41) is 11.5. The van der Waals surface area contributed by atoms with E-state index in [1.54, 1.807) is 6.92 Å². The monoisotopic (exact) mass is 320 g/mol. The molecule has 1 aromatic rings. The first kappa shape index (κ1) is 16.2. The van der Waals surface area contributed by atoms with Crippen LogP contribution in [0.1, 0.15) is 42.0 Å². The predicted molar refractivity (Wildman–Crippen MR) is 87.1 cm³/mol. The molecule has 2 aliphatic rings. The first-order valence-electron chi connectivity index (χ1n) is 8.09. The van der Waals surface area contributed by atoms with E-state index in [1.165, 1.54) is 0 Å². The molecule has 6 heteroatoms. The Bertz CT molecular complexity index is 667. The summed E-state index contributed by atoms with van der Waals surface area (Å²) in [6.45, 7) is 12.8. The van der Waals surface area contributed by atoms with Gasteiger partial charge in [0.15, 0.2) is 5.72 Å². The Morgan fingerprint density at radius 2 is 1.78 bits per heavy atom. The van der Waals surface area contributed by atoms with Crippen LogP contribution in [0.3, 0.4) is 0 Å². The maximum Gasteiger partial charge on any atom is 0.275 e. The third-order valence-corrected chi connectivity index (χ3v) is 5.63. The quantitative estimate of drug-likeness (QED) is 0.619. The number of benzene rings is 1. The molecule has 0 spiro atoms. The van der Waals surface area contributed by atoms with E-state index in [-0.39, 0.29) is 16.5 Å². The van der Waals surface area contributed by atoms with Crippen LogP contribution in [0.4, 0.5) is 5.69 Å². The van der Waals surface area contributed by atoms with Gasteiger partial charge in [-0.1, -0.05) is 6.92 Å². The van der Waals surface area contributed by atoms with Gasteiger partial charge in [-0.25, -0.2) is 0 Å². The molecule has 0 saturated carbocycles. The largest absolute Gasteiger partial charge is 0.472 e. The van der Waals surface area contributed by atoms with E-state index >= 15 is 0 Å². The molecule has 3 rings (SSSR count). The standard InChI is InChI=1S/C17H24N2O4/c1-10-11(2)16-14(12(3)15(10)19(20)21)13(4)17(5,23-16)18-6-8-22-9-7-18/h13H,6-9H2,1-5H3. The molecule has 1 fully saturated rings. The summed E-state index contributed by atoms with van der Waals surface area (Å²) in [5.41, 5.74) is 3.03. The smallest absolute Gasteiger partial charge is 0.275 e. The number of hydrogen-bond acceptors (Lipinski definition) is 5. The van der Waals surface area contributed by atoms with E-state index in [2.05, 4.69) is 18.7 Å². The second-order valence-corrected chi connectivity index (χ2v) is 6.70. The van der Waals surface area contributed by atoms with E-state index in [1.807, 2.05) is 13.8 Å². The minimum Gasteiger partial charge on any atom is -0.472 e. The molecule has 2 heterocycles. The molecule has 0 aliphatic carbocycles. The molecule has 0 aromatic heterocycles. The third kappa shape index (κ3) is 2.23. The molecular weight excluding hydrogens is 296 g/mol. The number of morpholine rings is 1. The lowest BCUT2D eigenvalue weighted by molar-refractivity contribution is -0.386. The highest BCUT2D eigenvalue weighted by atomic mass is 16.6. The Morgan fingerprint density at radius 1 is 1.17 bits per heavy atom. The molecule has 0 amide bonds.